The quantitative estimate of drug-likeness (QED) is 0.897. The molecule has 1 aromatic rings. The summed E-state index contributed by atoms with van der Waals surface area (Å²) in [6.45, 7) is 1.78. The van der Waals surface area contributed by atoms with Gasteiger partial charge in [-0.3, -0.25) is 4.79 Å². The molecule has 1 saturated carbocycles. The van der Waals surface area contributed by atoms with Gasteiger partial charge in [-0.25, -0.2) is 4.39 Å². The van der Waals surface area contributed by atoms with E-state index in [0.29, 0.717) is 5.92 Å². The summed E-state index contributed by atoms with van der Waals surface area (Å²) in [5.74, 6) is 0.467. The minimum absolute atomic E-state index is 0.0255. The Bertz CT molecular complexity index is 490. The molecule has 1 aliphatic carbocycles. The molecule has 22 heavy (non-hydrogen) atoms. The van der Waals surface area contributed by atoms with E-state index < -0.39 is 0 Å². The van der Waals surface area contributed by atoms with E-state index in [2.05, 4.69) is 10.6 Å². The summed E-state index contributed by atoms with van der Waals surface area (Å²) in [5, 5.41) is 6.56. The maximum Gasteiger partial charge on any atom is 0.224 e. The van der Waals surface area contributed by atoms with Gasteiger partial charge in [0.15, 0.2) is 0 Å². The van der Waals surface area contributed by atoms with E-state index in [1.807, 2.05) is 12.1 Å². The van der Waals surface area contributed by atoms with Crippen LogP contribution in [0.3, 0.4) is 0 Å². The molecule has 1 saturated heterocycles. The van der Waals surface area contributed by atoms with Crippen molar-refractivity contribution in [2.24, 2.45) is 11.8 Å². The van der Waals surface area contributed by atoms with Crippen LogP contribution in [0.15, 0.2) is 24.3 Å². The highest BCUT2D eigenvalue weighted by Gasteiger charge is 2.30. The summed E-state index contributed by atoms with van der Waals surface area (Å²) in [7, 11) is 0. The molecule has 0 spiro atoms. The van der Waals surface area contributed by atoms with Gasteiger partial charge in [0.05, 0.1) is 12.0 Å². The first-order valence-corrected chi connectivity index (χ1v) is 8.50. The average Bonchev–Trinajstić information content (AvgIpc) is 3.08. The van der Waals surface area contributed by atoms with Gasteiger partial charge in [0.2, 0.25) is 5.91 Å². The molecule has 1 heterocycles. The number of amides is 1. The molecule has 1 aliphatic heterocycles. The number of piperidine rings is 1. The summed E-state index contributed by atoms with van der Waals surface area (Å²) < 4.78 is 13.2. The maximum atomic E-state index is 13.2. The topological polar surface area (TPSA) is 41.1 Å². The van der Waals surface area contributed by atoms with Gasteiger partial charge in [0, 0.05) is 6.54 Å². The molecule has 2 N–H and O–H groups in total. The standard InChI is InChI=1S/C18H25FN2O/c19-16-9-7-14(8-10-16)17(13-4-1-2-5-13)21-18(22)15-6-3-11-20-12-15/h7-10,13,15,17,20H,1-6,11-12H2,(H,21,22). The first kappa shape index (κ1) is 15.5. The average molecular weight is 304 g/mol. The minimum Gasteiger partial charge on any atom is -0.349 e. The number of nitrogens with one attached hydrogen (secondary N) is 2. The lowest BCUT2D eigenvalue weighted by Gasteiger charge is -2.29. The van der Waals surface area contributed by atoms with Gasteiger partial charge in [-0.05, 0) is 55.8 Å². The Hall–Kier alpha value is -1.42. The van der Waals surface area contributed by atoms with Crippen LogP contribution in [-0.2, 0) is 4.79 Å². The number of carbonyl (C=O) groups is 1. The van der Waals surface area contributed by atoms with Crippen LogP contribution in [-0.4, -0.2) is 19.0 Å². The minimum atomic E-state index is -0.225. The monoisotopic (exact) mass is 304 g/mol. The van der Waals surface area contributed by atoms with Gasteiger partial charge < -0.3 is 10.6 Å². The summed E-state index contributed by atoms with van der Waals surface area (Å²) in [5.41, 5.74) is 1.03. The smallest absolute Gasteiger partial charge is 0.224 e. The molecule has 0 aromatic heterocycles. The van der Waals surface area contributed by atoms with Crippen LogP contribution in [0.2, 0.25) is 0 Å². The summed E-state index contributed by atoms with van der Waals surface area (Å²) >= 11 is 0. The van der Waals surface area contributed by atoms with Crippen molar-refractivity contribution in [2.45, 2.75) is 44.6 Å². The van der Waals surface area contributed by atoms with Crippen molar-refractivity contribution in [2.75, 3.05) is 13.1 Å². The van der Waals surface area contributed by atoms with Crippen LogP contribution in [0.5, 0.6) is 0 Å². The molecule has 3 nitrogen and oxygen atoms in total. The molecule has 1 amide bonds. The fourth-order valence-electron chi connectivity index (χ4n) is 3.78. The SMILES string of the molecule is O=C(NC(c1ccc(F)cc1)C1CCCC1)C1CCCNC1. The van der Waals surface area contributed by atoms with Crippen LogP contribution in [0.4, 0.5) is 4.39 Å². The zero-order valence-electron chi connectivity index (χ0n) is 13.0. The number of hydrogen-bond acceptors (Lipinski definition) is 2. The van der Waals surface area contributed by atoms with E-state index in [-0.39, 0.29) is 23.7 Å². The highest BCUT2D eigenvalue weighted by molar-refractivity contribution is 5.79. The Kier molecular flexibility index (Phi) is 5.08. The Morgan fingerprint density at radius 1 is 1.14 bits per heavy atom. The lowest BCUT2D eigenvalue weighted by Crippen LogP contribution is -2.43. The van der Waals surface area contributed by atoms with Crippen molar-refractivity contribution in [3.63, 3.8) is 0 Å². The first-order chi connectivity index (χ1) is 10.7. The Labute approximate surface area is 131 Å². The predicted molar refractivity (Wildman–Crippen MR) is 84.8 cm³/mol. The lowest BCUT2D eigenvalue weighted by molar-refractivity contribution is -0.126. The van der Waals surface area contributed by atoms with Crippen LogP contribution >= 0.6 is 0 Å². The van der Waals surface area contributed by atoms with Gasteiger partial charge in [-0.2, -0.15) is 0 Å². The Morgan fingerprint density at radius 3 is 2.50 bits per heavy atom. The fourth-order valence-corrected chi connectivity index (χ4v) is 3.78. The lowest BCUT2D eigenvalue weighted by atomic mass is 9.90. The van der Waals surface area contributed by atoms with Crippen LogP contribution in [0.25, 0.3) is 0 Å². The van der Waals surface area contributed by atoms with E-state index in [1.54, 1.807) is 0 Å². The van der Waals surface area contributed by atoms with E-state index in [4.69, 9.17) is 0 Å². The molecule has 1 aromatic carbocycles. The van der Waals surface area contributed by atoms with Crippen LogP contribution < -0.4 is 10.6 Å². The number of benzene rings is 1. The number of halogens is 1. The van der Waals surface area contributed by atoms with Crippen LogP contribution in [0.1, 0.15) is 50.1 Å². The third kappa shape index (κ3) is 3.67. The maximum absolute atomic E-state index is 13.2. The second kappa shape index (κ2) is 7.23. The second-order valence-electron chi connectivity index (χ2n) is 6.63. The summed E-state index contributed by atoms with van der Waals surface area (Å²) in [6.07, 6.45) is 6.76. The molecular formula is C18H25FN2O. The van der Waals surface area contributed by atoms with E-state index in [9.17, 15) is 9.18 Å². The molecule has 4 heteroatoms. The third-order valence-electron chi connectivity index (χ3n) is 5.07. The van der Waals surface area contributed by atoms with E-state index in [0.717, 1.165) is 44.3 Å². The van der Waals surface area contributed by atoms with Gasteiger partial charge in [-0.15, -0.1) is 0 Å². The molecule has 0 bridgehead atoms. The zero-order chi connectivity index (χ0) is 15.4. The van der Waals surface area contributed by atoms with Crippen molar-refractivity contribution in [3.05, 3.63) is 35.6 Å². The molecule has 2 aliphatic rings. The molecule has 2 unspecified atom stereocenters. The van der Waals surface area contributed by atoms with E-state index in [1.165, 1.54) is 25.0 Å². The van der Waals surface area contributed by atoms with E-state index >= 15 is 0 Å². The largest absolute Gasteiger partial charge is 0.349 e. The van der Waals surface area contributed by atoms with Gasteiger partial charge >= 0.3 is 0 Å². The summed E-state index contributed by atoms with van der Waals surface area (Å²) in [6, 6.07) is 6.64. The van der Waals surface area contributed by atoms with Crippen molar-refractivity contribution in [1.29, 1.82) is 0 Å². The highest BCUT2D eigenvalue weighted by atomic mass is 19.1. The summed E-state index contributed by atoms with van der Waals surface area (Å²) in [4.78, 5) is 12.6. The molecule has 3 rings (SSSR count). The molecule has 2 fully saturated rings. The Morgan fingerprint density at radius 2 is 1.86 bits per heavy atom. The second-order valence-corrected chi connectivity index (χ2v) is 6.63. The highest BCUT2D eigenvalue weighted by Crippen LogP contribution is 2.36. The molecular weight excluding hydrogens is 279 g/mol. The van der Waals surface area contributed by atoms with Crippen molar-refractivity contribution < 1.29 is 9.18 Å². The van der Waals surface area contributed by atoms with Gasteiger partial charge in [0.25, 0.3) is 0 Å². The van der Waals surface area contributed by atoms with Crippen LogP contribution in [0, 0.1) is 17.7 Å². The van der Waals surface area contributed by atoms with Gasteiger partial charge in [0.1, 0.15) is 5.82 Å². The number of hydrogen-bond donors (Lipinski definition) is 2. The van der Waals surface area contributed by atoms with Crippen molar-refractivity contribution >= 4 is 5.91 Å². The fraction of sp³-hybridized carbons (Fsp3) is 0.611. The first-order valence-electron chi connectivity index (χ1n) is 8.50. The zero-order valence-corrected chi connectivity index (χ0v) is 13.0. The van der Waals surface area contributed by atoms with Crippen molar-refractivity contribution in [3.8, 4) is 0 Å². The normalized spacial score (nSPS) is 24.1. The number of carbonyl (C=O) groups excluding carboxylic acids is 1. The number of rotatable bonds is 4. The van der Waals surface area contributed by atoms with Gasteiger partial charge in [-0.1, -0.05) is 25.0 Å². The third-order valence-corrected chi connectivity index (χ3v) is 5.07. The molecule has 120 valence electrons. The predicted octanol–water partition coefficient (Wildman–Crippen LogP) is 3.17. The molecule has 2 atom stereocenters. The Balaban J connectivity index is 1.73. The van der Waals surface area contributed by atoms with Crippen molar-refractivity contribution in [1.82, 2.24) is 10.6 Å². The molecule has 0 radical (unpaired) electrons.